The monoisotopic (exact) mass is 364 g/mol. The van der Waals surface area contributed by atoms with Gasteiger partial charge in [0.1, 0.15) is 11.5 Å². The summed E-state index contributed by atoms with van der Waals surface area (Å²) in [6.45, 7) is 2.50. The lowest BCUT2D eigenvalue weighted by Crippen LogP contribution is -2.80. The van der Waals surface area contributed by atoms with Gasteiger partial charge < -0.3 is 21.1 Å². The number of benzene rings is 1. The molecule has 3 amide bonds. The number of carbonyl (C=O) groups excluding carboxylic acids is 3. The molecular weight excluding hydrogens is 343 g/mol. The first-order valence-corrected chi connectivity index (χ1v) is 8.22. The highest BCUT2D eigenvalue weighted by Gasteiger charge is 2.64. The molecule has 2 saturated heterocycles. The molecule has 2 aliphatic rings. The molecule has 140 valence electrons. The van der Waals surface area contributed by atoms with Gasteiger partial charge in [0.2, 0.25) is 17.6 Å². The van der Waals surface area contributed by atoms with Crippen LogP contribution in [0.4, 0.5) is 14.9 Å². The Hall–Kier alpha value is -2.68. The highest BCUT2D eigenvalue weighted by atomic mass is 19.1. The number of para-hydroxylation sites is 1. The van der Waals surface area contributed by atoms with E-state index in [2.05, 4.69) is 10.6 Å². The summed E-state index contributed by atoms with van der Waals surface area (Å²) in [7, 11) is 0. The van der Waals surface area contributed by atoms with E-state index < -0.39 is 41.3 Å². The van der Waals surface area contributed by atoms with Crippen LogP contribution in [0, 0.1) is 5.41 Å². The van der Waals surface area contributed by atoms with Gasteiger partial charge in [0.05, 0.1) is 19.1 Å². The summed E-state index contributed by atoms with van der Waals surface area (Å²) in [6.07, 6.45) is -1.62. The van der Waals surface area contributed by atoms with Crippen molar-refractivity contribution in [1.29, 1.82) is 0 Å². The van der Waals surface area contributed by atoms with Crippen LogP contribution >= 0.6 is 0 Å². The zero-order valence-electron chi connectivity index (χ0n) is 14.5. The largest absolute Gasteiger partial charge is 0.443 e. The minimum Gasteiger partial charge on any atom is -0.443 e. The molecule has 0 aromatic heterocycles. The van der Waals surface area contributed by atoms with Crippen molar-refractivity contribution in [2.45, 2.75) is 31.8 Å². The Morgan fingerprint density at radius 1 is 1.42 bits per heavy atom. The number of nitrogens with zero attached hydrogens (tertiary/aromatic N) is 1. The van der Waals surface area contributed by atoms with Crippen LogP contribution in [0.1, 0.15) is 13.8 Å². The van der Waals surface area contributed by atoms with Crippen molar-refractivity contribution >= 4 is 23.6 Å². The van der Waals surface area contributed by atoms with Gasteiger partial charge in [0.25, 0.3) is 0 Å². The number of alkyl halides is 1. The van der Waals surface area contributed by atoms with E-state index in [1.54, 1.807) is 30.3 Å². The van der Waals surface area contributed by atoms with Crippen molar-refractivity contribution in [2.24, 2.45) is 11.1 Å². The number of hydrogen-bond donors (Lipinski definition) is 3. The number of nitrogens with two attached hydrogens (primary N) is 1. The van der Waals surface area contributed by atoms with Crippen molar-refractivity contribution in [1.82, 2.24) is 10.6 Å². The third-order valence-corrected chi connectivity index (χ3v) is 5.08. The highest BCUT2D eigenvalue weighted by Crippen LogP contribution is 2.42. The molecule has 26 heavy (non-hydrogen) atoms. The first kappa shape index (κ1) is 18.1. The normalized spacial score (nSPS) is 30.1. The van der Waals surface area contributed by atoms with Crippen LogP contribution in [0.3, 0.4) is 0 Å². The summed E-state index contributed by atoms with van der Waals surface area (Å²) in [5.74, 6) is -3.54. The van der Waals surface area contributed by atoms with E-state index in [1.165, 1.54) is 18.7 Å². The van der Waals surface area contributed by atoms with E-state index in [0.29, 0.717) is 5.69 Å². The van der Waals surface area contributed by atoms with Gasteiger partial charge in [-0.25, -0.2) is 9.18 Å². The minimum absolute atomic E-state index is 0.0383. The van der Waals surface area contributed by atoms with Gasteiger partial charge in [-0.2, -0.15) is 0 Å². The van der Waals surface area contributed by atoms with Crippen LogP contribution in [0.25, 0.3) is 0 Å². The van der Waals surface area contributed by atoms with Crippen molar-refractivity contribution in [3.8, 4) is 0 Å². The number of primary amides is 1. The maximum absolute atomic E-state index is 15.1. The van der Waals surface area contributed by atoms with Crippen LogP contribution in [0.2, 0.25) is 0 Å². The predicted octanol–water partition coefficient (Wildman–Crippen LogP) is 0.277. The fourth-order valence-electron chi connectivity index (χ4n) is 3.56. The molecule has 4 atom stereocenters. The van der Waals surface area contributed by atoms with Gasteiger partial charge in [0, 0.05) is 12.6 Å². The van der Waals surface area contributed by atoms with E-state index in [0.717, 1.165) is 0 Å². The van der Waals surface area contributed by atoms with Gasteiger partial charge in [0.15, 0.2) is 0 Å². The molecule has 9 heteroatoms. The lowest BCUT2D eigenvalue weighted by molar-refractivity contribution is -0.154. The van der Waals surface area contributed by atoms with E-state index in [9.17, 15) is 14.4 Å². The van der Waals surface area contributed by atoms with Crippen molar-refractivity contribution < 1.29 is 23.5 Å². The van der Waals surface area contributed by atoms with Crippen molar-refractivity contribution in [2.75, 3.05) is 18.0 Å². The molecule has 8 nitrogen and oxygen atoms in total. The second-order valence-electron chi connectivity index (χ2n) is 6.82. The average Bonchev–Trinajstić information content (AvgIpc) is 2.96. The Kier molecular flexibility index (Phi) is 4.35. The summed E-state index contributed by atoms with van der Waals surface area (Å²) in [4.78, 5) is 37.2. The molecule has 1 aromatic carbocycles. The van der Waals surface area contributed by atoms with Gasteiger partial charge in [-0.15, -0.1) is 0 Å². The summed E-state index contributed by atoms with van der Waals surface area (Å²) < 4.78 is 20.5. The van der Waals surface area contributed by atoms with Gasteiger partial charge in [-0.3, -0.25) is 14.5 Å². The molecule has 1 aromatic rings. The Balaban J connectivity index is 1.88. The van der Waals surface area contributed by atoms with Crippen LogP contribution < -0.4 is 21.3 Å². The zero-order chi connectivity index (χ0) is 19.1. The molecular formula is C17H21FN4O4. The molecule has 0 saturated carbocycles. The first-order chi connectivity index (χ1) is 12.2. The van der Waals surface area contributed by atoms with E-state index >= 15 is 4.39 Å². The zero-order valence-corrected chi connectivity index (χ0v) is 14.5. The minimum atomic E-state index is -2.15. The lowest BCUT2D eigenvalue weighted by atomic mass is 9.68. The molecule has 2 aliphatic heterocycles. The number of cyclic esters (lactones) is 1. The quantitative estimate of drug-likeness (QED) is 0.650. The summed E-state index contributed by atoms with van der Waals surface area (Å²) in [5, 5.41) is 5.02. The summed E-state index contributed by atoms with van der Waals surface area (Å²) >= 11 is 0. The number of hydrogen-bond acceptors (Lipinski definition) is 5. The fourth-order valence-corrected chi connectivity index (χ4v) is 3.56. The number of rotatable bonds is 5. The lowest BCUT2D eigenvalue weighted by Gasteiger charge is -2.52. The number of carbonyl (C=O) groups is 3. The molecule has 4 unspecified atom stereocenters. The molecule has 0 radical (unpaired) electrons. The van der Waals surface area contributed by atoms with Crippen LogP contribution in [-0.4, -0.2) is 48.9 Å². The Bertz CT molecular complexity index is 746. The Labute approximate surface area is 149 Å². The predicted molar refractivity (Wildman–Crippen MR) is 90.8 cm³/mol. The van der Waals surface area contributed by atoms with Gasteiger partial charge >= 0.3 is 6.09 Å². The second-order valence-corrected chi connectivity index (χ2v) is 6.82. The number of ether oxygens (including phenoxy) is 1. The average molecular weight is 364 g/mol. The molecule has 2 heterocycles. The van der Waals surface area contributed by atoms with Crippen molar-refractivity contribution in [3.63, 3.8) is 0 Å². The second kappa shape index (κ2) is 6.24. The van der Waals surface area contributed by atoms with Crippen LogP contribution in [0.5, 0.6) is 0 Å². The highest BCUT2D eigenvalue weighted by molar-refractivity contribution is 5.91. The molecule has 4 N–H and O–H groups in total. The van der Waals surface area contributed by atoms with E-state index in [1.807, 2.05) is 0 Å². The maximum atomic E-state index is 15.1. The molecule has 0 aliphatic carbocycles. The number of amides is 3. The topological polar surface area (TPSA) is 114 Å². The standard InChI is InChI=1S/C17H21FN4O4/c1-10(23)21-17(18)9-20-13(17)16(2,14(19)24)12-8-22(15(25)26-12)11-6-4-3-5-7-11/h3-7,12-13,20H,8-9H2,1-2H3,(H2,19,24)(H,21,23). The SMILES string of the molecule is CC(=O)NC1(F)CNC1C(C)(C(N)=O)C1CN(c2ccccc2)C(=O)O1. The van der Waals surface area contributed by atoms with E-state index in [4.69, 9.17) is 10.5 Å². The molecule has 0 bridgehead atoms. The first-order valence-electron chi connectivity index (χ1n) is 8.22. The molecule has 3 rings (SSSR count). The van der Waals surface area contributed by atoms with Gasteiger partial charge in [-0.1, -0.05) is 18.2 Å². The number of nitrogens with one attached hydrogen (secondary N) is 2. The Morgan fingerprint density at radius 3 is 2.58 bits per heavy atom. The third-order valence-electron chi connectivity index (χ3n) is 5.08. The van der Waals surface area contributed by atoms with Crippen LogP contribution in [0.15, 0.2) is 30.3 Å². The molecule has 0 spiro atoms. The maximum Gasteiger partial charge on any atom is 0.414 e. The number of anilines is 1. The fraction of sp³-hybridized carbons (Fsp3) is 0.471. The third kappa shape index (κ3) is 2.78. The van der Waals surface area contributed by atoms with Crippen molar-refractivity contribution in [3.05, 3.63) is 30.3 Å². The summed E-state index contributed by atoms with van der Waals surface area (Å²) in [6, 6.07) is 7.66. The Morgan fingerprint density at radius 2 is 2.08 bits per heavy atom. The van der Waals surface area contributed by atoms with E-state index in [-0.39, 0.29) is 13.1 Å². The summed E-state index contributed by atoms with van der Waals surface area (Å²) in [5.41, 5.74) is 4.61. The number of halogens is 1. The van der Waals surface area contributed by atoms with Crippen LogP contribution in [-0.2, 0) is 14.3 Å². The smallest absolute Gasteiger partial charge is 0.414 e. The van der Waals surface area contributed by atoms with Gasteiger partial charge in [-0.05, 0) is 19.1 Å². The molecule has 2 fully saturated rings.